The summed E-state index contributed by atoms with van der Waals surface area (Å²) in [6.07, 6.45) is 0.253. The van der Waals surface area contributed by atoms with Gasteiger partial charge >= 0.3 is 5.97 Å². The number of aliphatic hydroxyl groups is 1. The molecule has 0 radical (unpaired) electrons. The van der Waals surface area contributed by atoms with Gasteiger partial charge in [0.25, 0.3) is 0 Å². The third kappa shape index (κ3) is 4.57. The smallest absolute Gasteiger partial charge is 0.338 e. The average Bonchev–Trinajstić information content (AvgIpc) is 2.15. The first-order valence-corrected chi connectivity index (χ1v) is 5.70. The van der Waals surface area contributed by atoms with Gasteiger partial charge in [0.1, 0.15) is 5.60 Å². The fourth-order valence-electron chi connectivity index (χ4n) is 1.45. The van der Waals surface area contributed by atoms with Crippen LogP contribution in [0.1, 0.15) is 33.3 Å². The zero-order valence-corrected chi connectivity index (χ0v) is 10.9. The van der Waals surface area contributed by atoms with Crippen molar-refractivity contribution in [3.05, 3.63) is 35.9 Å². The number of benzene rings is 1. The first-order valence-electron chi connectivity index (χ1n) is 5.70. The van der Waals surface area contributed by atoms with E-state index in [-0.39, 0.29) is 6.42 Å². The Hall–Kier alpha value is -1.35. The zero-order chi connectivity index (χ0) is 13.1. The lowest BCUT2D eigenvalue weighted by atomic mass is 9.96. The van der Waals surface area contributed by atoms with Crippen LogP contribution in [0.3, 0.4) is 0 Å². The second-order valence-electron chi connectivity index (χ2n) is 5.44. The Kier molecular flexibility index (Phi) is 3.94. The lowest BCUT2D eigenvalue weighted by molar-refractivity contribution is -0.175. The molecule has 0 fully saturated rings. The van der Waals surface area contributed by atoms with Crippen molar-refractivity contribution in [2.75, 3.05) is 0 Å². The van der Waals surface area contributed by atoms with Gasteiger partial charge in [0.2, 0.25) is 0 Å². The maximum absolute atomic E-state index is 11.8. The van der Waals surface area contributed by atoms with E-state index in [1.165, 1.54) is 6.92 Å². The van der Waals surface area contributed by atoms with E-state index in [2.05, 4.69) is 0 Å². The molecule has 1 N–H and O–H groups in total. The van der Waals surface area contributed by atoms with Gasteiger partial charge in [0.05, 0.1) is 0 Å². The molecular formula is C14H20O3. The Morgan fingerprint density at radius 2 is 1.71 bits per heavy atom. The molecule has 0 aromatic heterocycles. The van der Waals surface area contributed by atoms with Crippen molar-refractivity contribution in [1.82, 2.24) is 0 Å². The molecule has 0 amide bonds. The molecule has 3 nitrogen and oxygen atoms in total. The highest BCUT2D eigenvalue weighted by atomic mass is 16.6. The number of carbonyl (C=O) groups excluding carboxylic acids is 1. The maximum atomic E-state index is 11.8. The Morgan fingerprint density at radius 3 is 2.18 bits per heavy atom. The zero-order valence-electron chi connectivity index (χ0n) is 10.9. The van der Waals surface area contributed by atoms with Gasteiger partial charge in [-0.25, -0.2) is 4.79 Å². The molecule has 0 unspecified atom stereocenters. The van der Waals surface area contributed by atoms with Crippen LogP contribution in [0.4, 0.5) is 0 Å². The van der Waals surface area contributed by atoms with E-state index in [9.17, 15) is 9.90 Å². The highest BCUT2D eigenvalue weighted by Gasteiger charge is 2.34. The topological polar surface area (TPSA) is 46.5 Å². The predicted molar refractivity (Wildman–Crippen MR) is 66.6 cm³/mol. The molecule has 3 heteroatoms. The molecule has 0 saturated heterocycles. The number of ether oxygens (including phenoxy) is 1. The molecule has 1 atom stereocenters. The van der Waals surface area contributed by atoms with Crippen LogP contribution in [0.2, 0.25) is 0 Å². The van der Waals surface area contributed by atoms with Crippen molar-refractivity contribution in [2.24, 2.45) is 0 Å². The van der Waals surface area contributed by atoms with Crippen LogP contribution in [0.15, 0.2) is 30.3 Å². The minimum atomic E-state index is -1.49. The summed E-state index contributed by atoms with van der Waals surface area (Å²) in [7, 11) is 0. The number of hydrogen-bond donors (Lipinski definition) is 1. The van der Waals surface area contributed by atoms with Crippen molar-refractivity contribution >= 4 is 5.97 Å². The SMILES string of the molecule is CC(C)(C)OC(=O)[C@@](C)(O)Cc1ccccc1. The highest BCUT2D eigenvalue weighted by molar-refractivity contribution is 5.79. The standard InChI is InChI=1S/C14H20O3/c1-13(2,3)17-12(15)14(4,16)10-11-8-6-5-7-9-11/h5-9,16H,10H2,1-4H3/t14-/m0/s1. The fraction of sp³-hybridized carbons (Fsp3) is 0.500. The molecule has 0 heterocycles. The summed E-state index contributed by atoms with van der Waals surface area (Å²) < 4.78 is 5.19. The Labute approximate surface area is 102 Å². The lowest BCUT2D eigenvalue weighted by Crippen LogP contribution is -2.42. The lowest BCUT2D eigenvalue weighted by Gasteiger charge is -2.27. The van der Waals surface area contributed by atoms with Gasteiger partial charge in [-0.15, -0.1) is 0 Å². The van der Waals surface area contributed by atoms with Gasteiger partial charge in [0, 0.05) is 6.42 Å². The molecule has 0 aliphatic heterocycles. The summed E-state index contributed by atoms with van der Waals surface area (Å²) in [6, 6.07) is 9.39. The normalized spacial score (nSPS) is 15.1. The molecule has 0 spiro atoms. The van der Waals surface area contributed by atoms with Gasteiger partial charge in [0.15, 0.2) is 5.60 Å². The van der Waals surface area contributed by atoms with Gasteiger partial charge in [-0.3, -0.25) is 0 Å². The van der Waals surface area contributed by atoms with Gasteiger partial charge < -0.3 is 9.84 Å². The summed E-state index contributed by atoms with van der Waals surface area (Å²) >= 11 is 0. The average molecular weight is 236 g/mol. The number of rotatable bonds is 3. The van der Waals surface area contributed by atoms with Crippen LogP contribution >= 0.6 is 0 Å². The molecule has 1 rings (SSSR count). The van der Waals surface area contributed by atoms with Crippen LogP contribution in [0, 0.1) is 0 Å². The van der Waals surface area contributed by atoms with E-state index in [1.54, 1.807) is 20.8 Å². The van der Waals surface area contributed by atoms with Crippen LogP contribution in [-0.4, -0.2) is 22.3 Å². The maximum Gasteiger partial charge on any atom is 0.338 e. The van der Waals surface area contributed by atoms with Crippen molar-refractivity contribution in [3.63, 3.8) is 0 Å². The third-order valence-corrected chi connectivity index (χ3v) is 2.23. The van der Waals surface area contributed by atoms with Crippen molar-refractivity contribution in [2.45, 2.75) is 45.3 Å². The summed E-state index contributed by atoms with van der Waals surface area (Å²) in [4.78, 5) is 11.8. The van der Waals surface area contributed by atoms with E-state index in [0.717, 1.165) is 5.56 Å². The molecular weight excluding hydrogens is 216 g/mol. The summed E-state index contributed by atoms with van der Waals surface area (Å²) in [6.45, 7) is 6.82. The summed E-state index contributed by atoms with van der Waals surface area (Å²) in [5.41, 5.74) is -1.17. The molecule has 0 saturated carbocycles. The largest absolute Gasteiger partial charge is 0.458 e. The number of carbonyl (C=O) groups is 1. The monoisotopic (exact) mass is 236 g/mol. The Balaban J connectivity index is 2.72. The quantitative estimate of drug-likeness (QED) is 0.819. The van der Waals surface area contributed by atoms with Crippen LogP contribution in [-0.2, 0) is 16.0 Å². The molecule has 0 aliphatic carbocycles. The molecule has 1 aromatic carbocycles. The second-order valence-corrected chi connectivity index (χ2v) is 5.44. The minimum absolute atomic E-state index is 0.253. The molecule has 17 heavy (non-hydrogen) atoms. The van der Waals surface area contributed by atoms with Crippen molar-refractivity contribution < 1.29 is 14.6 Å². The molecule has 0 aliphatic rings. The van der Waals surface area contributed by atoms with Crippen LogP contribution < -0.4 is 0 Å². The van der Waals surface area contributed by atoms with E-state index >= 15 is 0 Å². The summed E-state index contributed by atoms with van der Waals surface area (Å²) in [5, 5.41) is 10.1. The molecule has 94 valence electrons. The second kappa shape index (κ2) is 4.88. The van der Waals surface area contributed by atoms with Crippen molar-refractivity contribution in [3.8, 4) is 0 Å². The Morgan fingerprint density at radius 1 is 1.18 bits per heavy atom. The van der Waals surface area contributed by atoms with E-state index in [4.69, 9.17) is 4.74 Å². The third-order valence-electron chi connectivity index (χ3n) is 2.23. The van der Waals surface area contributed by atoms with Crippen LogP contribution in [0.5, 0.6) is 0 Å². The molecule has 0 bridgehead atoms. The first-order chi connectivity index (χ1) is 7.71. The van der Waals surface area contributed by atoms with Crippen molar-refractivity contribution in [1.29, 1.82) is 0 Å². The molecule has 1 aromatic rings. The summed E-state index contributed by atoms with van der Waals surface area (Å²) in [5.74, 6) is -0.589. The fourth-order valence-corrected chi connectivity index (χ4v) is 1.45. The number of esters is 1. The van der Waals surface area contributed by atoms with Gasteiger partial charge in [-0.2, -0.15) is 0 Å². The van der Waals surface area contributed by atoms with Crippen LogP contribution in [0.25, 0.3) is 0 Å². The van der Waals surface area contributed by atoms with E-state index < -0.39 is 17.2 Å². The number of hydrogen-bond acceptors (Lipinski definition) is 3. The van der Waals surface area contributed by atoms with E-state index in [1.807, 2.05) is 30.3 Å². The highest BCUT2D eigenvalue weighted by Crippen LogP contribution is 2.18. The van der Waals surface area contributed by atoms with E-state index in [0.29, 0.717) is 0 Å². The minimum Gasteiger partial charge on any atom is -0.458 e. The predicted octanol–water partition coefficient (Wildman–Crippen LogP) is 2.32. The van der Waals surface area contributed by atoms with Gasteiger partial charge in [-0.05, 0) is 33.3 Å². The first kappa shape index (κ1) is 13.7. The van der Waals surface area contributed by atoms with Gasteiger partial charge in [-0.1, -0.05) is 30.3 Å². The Bertz CT molecular complexity index is 374.